The predicted octanol–water partition coefficient (Wildman–Crippen LogP) is 5.56. The van der Waals surface area contributed by atoms with E-state index in [9.17, 15) is 9.90 Å². The molecule has 1 aliphatic rings. The number of aliphatic hydroxyl groups is 1. The van der Waals surface area contributed by atoms with Crippen molar-refractivity contribution in [3.63, 3.8) is 0 Å². The molecule has 0 saturated carbocycles. The van der Waals surface area contributed by atoms with Gasteiger partial charge < -0.3 is 14.6 Å². The van der Waals surface area contributed by atoms with E-state index in [-0.39, 0.29) is 28.3 Å². The second-order valence-corrected chi connectivity index (χ2v) is 9.87. The summed E-state index contributed by atoms with van der Waals surface area (Å²) in [6.45, 7) is 0. The molecule has 2 unspecified atom stereocenters. The van der Waals surface area contributed by atoms with Crippen LogP contribution < -0.4 is 4.90 Å². The highest BCUT2D eigenvalue weighted by Gasteiger charge is 2.40. The monoisotopic (exact) mass is 526 g/mol. The van der Waals surface area contributed by atoms with Crippen molar-refractivity contribution in [2.24, 2.45) is 7.05 Å². The van der Waals surface area contributed by atoms with E-state index < -0.39 is 5.60 Å². The number of pyridine rings is 1. The van der Waals surface area contributed by atoms with E-state index in [0.717, 1.165) is 16.8 Å². The lowest BCUT2D eigenvalue weighted by molar-refractivity contribution is -0.118. The summed E-state index contributed by atoms with van der Waals surface area (Å²) in [5.41, 5.74) is 2.26. The van der Waals surface area contributed by atoms with Gasteiger partial charge in [0, 0.05) is 43.3 Å². The molecule has 1 N–H and O–H groups in total. The molecule has 2 aromatic carbocycles. The maximum absolute atomic E-state index is 12.8. The van der Waals surface area contributed by atoms with Crippen LogP contribution in [0.3, 0.4) is 0 Å². The fraction of sp³-hybridized carbons (Fsp3) is 0.192. The fourth-order valence-corrected chi connectivity index (χ4v) is 5.14. The number of carbonyl (C=O) groups is 1. The first-order valence-electron chi connectivity index (χ1n) is 10.9. The molecule has 5 rings (SSSR count). The van der Waals surface area contributed by atoms with Gasteiger partial charge >= 0.3 is 0 Å². The predicted molar refractivity (Wildman–Crippen MR) is 137 cm³/mol. The second kappa shape index (κ2) is 8.95. The smallest absolute Gasteiger partial charge is 0.227 e. The van der Waals surface area contributed by atoms with Crippen molar-refractivity contribution in [1.82, 2.24) is 14.5 Å². The third-order valence-electron chi connectivity index (χ3n) is 6.55. The molecule has 178 valence electrons. The summed E-state index contributed by atoms with van der Waals surface area (Å²) in [5.74, 6) is -0.229. The van der Waals surface area contributed by atoms with Crippen LogP contribution in [0.5, 0.6) is 0 Å². The number of aryl methyl sites for hydroxylation is 1. The molecule has 0 bridgehead atoms. The Hall–Kier alpha value is -2.90. The van der Waals surface area contributed by atoms with Crippen molar-refractivity contribution < 1.29 is 9.90 Å². The lowest BCUT2D eigenvalue weighted by Crippen LogP contribution is -2.35. The molecule has 6 nitrogen and oxygen atoms in total. The van der Waals surface area contributed by atoms with Crippen molar-refractivity contribution in [2.45, 2.75) is 17.9 Å². The van der Waals surface area contributed by atoms with Gasteiger partial charge in [-0.05, 0) is 47.0 Å². The molecule has 0 spiro atoms. The molecule has 35 heavy (non-hydrogen) atoms. The lowest BCUT2D eigenvalue weighted by Gasteiger charge is -2.35. The highest BCUT2D eigenvalue weighted by atomic mass is 35.5. The Morgan fingerprint density at radius 2 is 1.83 bits per heavy atom. The van der Waals surface area contributed by atoms with Gasteiger partial charge in [-0.25, -0.2) is 4.98 Å². The zero-order chi connectivity index (χ0) is 24.9. The summed E-state index contributed by atoms with van der Waals surface area (Å²) in [6, 6.07) is 14.6. The van der Waals surface area contributed by atoms with Crippen molar-refractivity contribution in [2.75, 3.05) is 11.9 Å². The minimum absolute atomic E-state index is 0.00303. The average Bonchev–Trinajstić information content (AvgIpc) is 3.28. The topological polar surface area (TPSA) is 71.2 Å². The van der Waals surface area contributed by atoms with Crippen molar-refractivity contribution in [3.05, 3.63) is 110 Å². The van der Waals surface area contributed by atoms with Crippen molar-refractivity contribution >= 4 is 46.4 Å². The second-order valence-electron chi connectivity index (χ2n) is 8.62. The van der Waals surface area contributed by atoms with Gasteiger partial charge in [-0.15, -0.1) is 0 Å². The van der Waals surface area contributed by atoms with Crippen molar-refractivity contribution in [3.8, 4) is 0 Å². The first-order chi connectivity index (χ1) is 16.7. The summed E-state index contributed by atoms with van der Waals surface area (Å²) in [7, 11) is 3.55. The molecule has 0 radical (unpaired) electrons. The van der Waals surface area contributed by atoms with Crippen molar-refractivity contribution in [1.29, 1.82) is 0 Å². The number of halogens is 3. The van der Waals surface area contributed by atoms with E-state index in [4.69, 9.17) is 34.8 Å². The van der Waals surface area contributed by atoms with Crippen LogP contribution in [0.1, 0.15) is 40.4 Å². The molecule has 1 amide bonds. The van der Waals surface area contributed by atoms with Gasteiger partial charge in [-0.2, -0.15) is 0 Å². The highest BCUT2D eigenvalue weighted by Crippen LogP contribution is 2.44. The molecule has 2 atom stereocenters. The Labute approximate surface area is 217 Å². The average molecular weight is 528 g/mol. The number of nitrogens with zero attached hydrogens (tertiary/aromatic N) is 4. The summed E-state index contributed by atoms with van der Waals surface area (Å²) >= 11 is 18.7. The minimum atomic E-state index is -1.69. The quantitative estimate of drug-likeness (QED) is 0.377. The highest BCUT2D eigenvalue weighted by molar-refractivity contribution is 6.41. The minimum Gasteiger partial charge on any atom is -0.373 e. The molecule has 4 aromatic rings. The zero-order valence-electron chi connectivity index (χ0n) is 18.9. The van der Waals surface area contributed by atoms with Crippen LogP contribution in [0.25, 0.3) is 0 Å². The Morgan fingerprint density at radius 3 is 2.51 bits per heavy atom. The van der Waals surface area contributed by atoms with Crippen LogP contribution in [0, 0.1) is 0 Å². The van der Waals surface area contributed by atoms with Gasteiger partial charge in [0.1, 0.15) is 0 Å². The number of carbonyl (C=O) groups excluding carboxylic acids is 1. The number of anilines is 1. The van der Waals surface area contributed by atoms with Crippen LogP contribution in [-0.2, 0) is 17.4 Å². The number of aromatic nitrogens is 3. The van der Waals surface area contributed by atoms with E-state index in [2.05, 4.69) is 9.97 Å². The normalized spacial score (nSPS) is 17.3. The molecule has 9 heteroatoms. The van der Waals surface area contributed by atoms with Gasteiger partial charge in [-0.3, -0.25) is 9.78 Å². The van der Waals surface area contributed by atoms with E-state index in [0.29, 0.717) is 22.0 Å². The standard InChI is InChI=1S/C26H21Cl3N4O2/c1-32-14-30-13-24(32)26(35,23-11-20(28)21(29)12-31-23)16-6-7-22-19(9-16)18(10-25(34)33(22)2)15-4-3-5-17(27)8-15/h3-9,11-14,18,35H,10H2,1-2H3. The number of benzene rings is 2. The summed E-state index contributed by atoms with van der Waals surface area (Å²) in [6.07, 6.45) is 4.90. The van der Waals surface area contributed by atoms with Gasteiger partial charge in [0.25, 0.3) is 0 Å². The van der Waals surface area contributed by atoms with E-state index in [1.54, 1.807) is 54.3 Å². The maximum Gasteiger partial charge on any atom is 0.227 e. The Bertz CT molecular complexity index is 1450. The largest absolute Gasteiger partial charge is 0.373 e. The van der Waals surface area contributed by atoms with Crippen LogP contribution in [0.15, 0.2) is 67.3 Å². The number of fused-ring (bicyclic) bond motifs is 1. The summed E-state index contributed by atoms with van der Waals surface area (Å²) < 4.78 is 1.73. The Kier molecular flexibility index (Phi) is 6.09. The molecule has 1 aliphatic heterocycles. The first kappa shape index (κ1) is 23.8. The van der Waals surface area contributed by atoms with E-state index >= 15 is 0 Å². The molecule has 0 fully saturated rings. The number of hydrogen-bond donors (Lipinski definition) is 1. The summed E-state index contributed by atoms with van der Waals surface area (Å²) in [4.78, 5) is 23.1. The summed E-state index contributed by atoms with van der Waals surface area (Å²) in [5, 5.41) is 13.5. The number of imidazole rings is 1. The van der Waals surface area contributed by atoms with E-state index in [1.807, 2.05) is 30.3 Å². The molecule has 0 saturated heterocycles. The van der Waals surface area contributed by atoms with Crippen LogP contribution in [-0.4, -0.2) is 32.6 Å². The molecular formula is C26H21Cl3N4O2. The van der Waals surface area contributed by atoms with Gasteiger partial charge in [0.2, 0.25) is 5.91 Å². The number of rotatable bonds is 4. The molecule has 2 aromatic heterocycles. The SMILES string of the molecule is CN1C(=O)CC(c2cccc(Cl)c2)c2cc(C(O)(c3cc(Cl)c(Cl)cn3)c3cncn3C)ccc21. The third kappa shape index (κ3) is 4.00. The van der Waals surface area contributed by atoms with E-state index in [1.165, 1.54) is 6.20 Å². The first-order valence-corrected chi connectivity index (χ1v) is 12.0. The van der Waals surface area contributed by atoms with Gasteiger partial charge in [0.05, 0.1) is 34.0 Å². The molecule has 0 aliphatic carbocycles. The Balaban J connectivity index is 1.75. The molecular weight excluding hydrogens is 507 g/mol. The number of hydrogen-bond acceptors (Lipinski definition) is 4. The lowest BCUT2D eigenvalue weighted by atomic mass is 9.79. The Morgan fingerprint density at radius 1 is 1.03 bits per heavy atom. The van der Waals surface area contributed by atoms with Crippen LogP contribution >= 0.6 is 34.8 Å². The van der Waals surface area contributed by atoms with Crippen LogP contribution in [0.2, 0.25) is 15.1 Å². The van der Waals surface area contributed by atoms with Crippen LogP contribution in [0.4, 0.5) is 5.69 Å². The fourth-order valence-electron chi connectivity index (χ4n) is 4.69. The zero-order valence-corrected chi connectivity index (χ0v) is 21.2. The van der Waals surface area contributed by atoms with Gasteiger partial charge in [0.15, 0.2) is 5.60 Å². The maximum atomic E-state index is 12.8. The number of amides is 1. The third-order valence-corrected chi connectivity index (χ3v) is 7.50. The van der Waals surface area contributed by atoms with Gasteiger partial charge in [-0.1, -0.05) is 53.0 Å². The molecule has 3 heterocycles.